The number of carbonyl (C=O) groups is 1. The van der Waals surface area contributed by atoms with E-state index in [1.54, 1.807) is 24.3 Å². The van der Waals surface area contributed by atoms with Gasteiger partial charge in [-0.3, -0.25) is 14.3 Å². The molecule has 0 amide bonds. The van der Waals surface area contributed by atoms with Gasteiger partial charge < -0.3 is 5.11 Å². The molecule has 0 fully saturated rings. The quantitative estimate of drug-likeness (QED) is 0.824. The van der Waals surface area contributed by atoms with Crippen molar-refractivity contribution in [2.24, 2.45) is 0 Å². The van der Waals surface area contributed by atoms with Gasteiger partial charge in [-0.15, -0.1) is 0 Å². The van der Waals surface area contributed by atoms with Crippen LogP contribution in [0.2, 0.25) is 0 Å². The van der Waals surface area contributed by atoms with Crippen molar-refractivity contribution in [3.05, 3.63) is 40.4 Å². The van der Waals surface area contributed by atoms with Gasteiger partial charge in [-0.25, -0.2) is 4.79 Å². The van der Waals surface area contributed by atoms with E-state index in [4.69, 9.17) is 5.11 Å². The number of aromatic nitrogens is 2. The van der Waals surface area contributed by atoms with E-state index in [1.165, 1.54) is 0 Å². The van der Waals surface area contributed by atoms with Crippen molar-refractivity contribution in [1.29, 1.82) is 0 Å². The Morgan fingerprint density at radius 2 is 2.18 bits per heavy atom. The topological polar surface area (TPSA) is 96.2 Å². The highest BCUT2D eigenvalue weighted by molar-refractivity contribution is 5.68. The molecule has 1 heterocycles. The second-order valence-corrected chi connectivity index (χ2v) is 3.49. The maximum Gasteiger partial charge on any atom is 0.439 e. The summed E-state index contributed by atoms with van der Waals surface area (Å²) in [5, 5.41) is 12.2. The predicted octanol–water partition coefficient (Wildman–Crippen LogP) is 1.05. The molecule has 0 saturated carbocycles. The highest BCUT2D eigenvalue weighted by Crippen LogP contribution is 2.20. The normalized spacial score (nSPS) is 10.4. The Morgan fingerprint density at radius 3 is 2.82 bits per heavy atom. The maximum absolute atomic E-state index is 10.9. The lowest BCUT2D eigenvalue weighted by Crippen LogP contribution is -2.00. The maximum atomic E-state index is 10.9. The Balaban J connectivity index is 2.33. The number of carboxylic acid groups (broad SMARTS) is 1. The summed E-state index contributed by atoms with van der Waals surface area (Å²) in [6, 6.07) is 7.14. The molecule has 0 atom stereocenters. The molecular formula is C11H10N2O4. The van der Waals surface area contributed by atoms with Crippen LogP contribution >= 0.6 is 0 Å². The van der Waals surface area contributed by atoms with E-state index < -0.39 is 11.7 Å². The van der Waals surface area contributed by atoms with E-state index in [0.717, 1.165) is 5.56 Å². The number of rotatable bonds is 4. The third kappa shape index (κ3) is 2.60. The molecule has 0 aliphatic rings. The predicted molar refractivity (Wildman–Crippen MR) is 58.5 cm³/mol. The lowest BCUT2D eigenvalue weighted by Gasteiger charge is -2.04. The van der Waals surface area contributed by atoms with Crippen LogP contribution in [0.3, 0.4) is 0 Å². The molecule has 0 radical (unpaired) electrons. The zero-order valence-electron chi connectivity index (χ0n) is 8.84. The van der Waals surface area contributed by atoms with Gasteiger partial charge in [0.25, 0.3) is 0 Å². The van der Waals surface area contributed by atoms with Gasteiger partial charge in [0.2, 0.25) is 0 Å². The van der Waals surface area contributed by atoms with Crippen molar-refractivity contribution in [2.45, 2.75) is 12.8 Å². The van der Waals surface area contributed by atoms with Gasteiger partial charge >= 0.3 is 11.7 Å². The van der Waals surface area contributed by atoms with Gasteiger partial charge in [-0.2, -0.15) is 0 Å². The highest BCUT2D eigenvalue weighted by atomic mass is 16.5. The van der Waals surface area contributed by atoms with Gasteiger partial charge in [-0.05, 0) is 12.0 Å². The summed E-state index contributed by atoms with van der Waals surface area (Å²) >= 11 is 0. The fourth-order valence-electron chi connectivity index (χ4n) is 1.56. The molecular weight excluding hydrogens is 224 g/mol. The lowest BCUT2D eigenvalue weighted by molar-refractivity contribution is -0.136. The zero-order valence-corrected chi connectivity index (χ0v) is 8.84. The second-order valence-electron chi connectivity index (χ2n) is 3.49. The van der Waals surface area contributed by atoms with E-state index in [9.17, 15) is 9.59 Å². The largest absolute Gasteiger partial charge is 0.481 e. The molecule has 0 aliphatic heterocycles. The van der Waals surface area contributed by atoms with E-state index in [-0.39, 0.29) is 6.42 Å². The zero-order chi connectivity index (χ0) is 12.3. The van der Waals surface area contributed by atoms with Gasteiger partial charge in [0, 0.05) is 12.0 Å². The molecule has 2 N–H and O–H groups in total. The van der Waals surface area contributed by atoms with Crippen LogP contribution in [0.25, 0.3) is 11.4 Å². The van der Waals surface area contributed by atoms with E-state index in [1.807, 2.05) is 0 Å². The van der Waals surface area contributed by atoms with E-state index >= 15 is 0 Å². The van der Waals surface area contributed by atoms with Crippen molar-refractivity contribution in [2.75, 3.05) is 0 Å². The second kappa shape index (κ2) is 4.65. The summed E-state index contributed by atoms with van der Waals surface area (Å²) in [4.78, 5) is 23.8. The molecule has 0 spiro atoms. The monoisotopic (exact) mass is 234 g/mol. The molecule has 0 unspecified atom stereocenters. The van der Waals surface area contributed by atoms with Crippen molar-refractivity contribution >= 4 is 5.97 Å². The minimum absolute atomic E-state index is 0.0269. The molecule has 0 aliphatic carbocycles. The standard InChI is InChI=1S/C11H10N2O4/c14-9(15)6-5-7-3-1-2-4-8(7)10-12-11(16)17-13-10/h1-4H,5-6H2,(H,14,15)(H,12,13,16). The molecule has 1 aromatic heterocycles. The number of nitrogens with one attached hydrogen (secondary N) is 1. The minimum atomic E-state index is -0.867. The van der Waals surface area contributed by atoms with Crippen molar-refractivity contribution in [1.82, 2.24) is 10.1 Å². The number of hydrogen-bond donors (Lipinski definition) is 2. The van der Waals surface area contributed by atoms with Crippen LogP contribution in [0.4, 0.5) is 0 Å². The lowest BCUT2D eigenvalue weighted by atomic mass is 10.0. The Bertz CT molecular complexity index is 585. The Hall–Kier alpha value is -2.37. The summed E-state index contributed by atoms with van der Waals surface area (Å²) in [6.07, 6.45) is 0.402. The molecule has 0 saturated heterocycles. The van der Waals surface area contributed by atoms with Crippen LogP contribution in [-0.4, -0.2) is 21.2 Å². The number of carboxylic acids is 1. The third-order valence-corrected chi connectivity index (χ3v) is 2.32. The minimum Gasteiger partial charge on any atom is -0.481 e. The summed E-state index contributed by atoms with van der Waals surface area (Å²) in [6.45, 7) is 0. The smallest absolute Gasteiger partial charge is 0.439 e. The molecule has 6 nitrogen and oxygen atoms in total. The number of hydrogen-bond acceptors (Lipinski definition) is 4. The molecule has 1 aromatic carbocycles. The third-order valence-electron chi connectivity index (χ3n) is 2.32. The van der Waals surface area contributed by atoms with Gasteiger partial charge in [0.1, 0.15) is 0 Å². The van der Waals surface area contributed by atoms with Crippen LogP contribution < -0.4 is 5.76 Å². The SMILES string of the molecule is O=C(O)CCc1ccccc1-c1noc(=O)[nH]1. The van der Waals surface area contributed by atoms with Gasteiger partial charge in [0.05, 0.1) is 0 Å². The fraction of sp³-hybridized carbons (Fsp3) is 0.182. The van der Waals surface area contributed by atoms with Crippen molar-refractivity contribution in [3.8, 4) is 11.4 Å². The highest BCUT2D eigenvalue weighted by Gasteiger charge is 2.10. The number of aryl methyl sites for hydroxylation is 1. The number of benzene rings is 1. The van der Waals surface area contributed by atoms with Gasteiger partial charge in [0.15, 0.2) is 5.82 Å². The first-order valence-corrected chi connectivity index (χ1v) is 5.03. The number of aromatic amines is 1. The summed E-state index contributed by atoms with van der Waals surface area (Å²) in [7, 11) is 0. The summed E-state index contributed by atoms with van der Waals surface area (Å²) < 4.78 is 4.42. The van der Waals surface area contributed by atoms with Crippen LogP contribution in [0, 0.1) is 0 Å². The first-order valence-electron chi connectivity index (χ1n) is 5.03. The van der Waals surface area contributed by atoms with Crippen LogP contribution in [0.5, 0.6) is 0 Å². The van der Waals surface area contributed by atoms with E-state index in [0.29, 0.717) is 17.8 Å². The van der Waals surface area contributed by atoms with Gasteiger partial charge in [-0.1, -0.05) is 29.4 Å². The molecule has 6 heteroatoms. The molecule has 88 valence electrons. The Labute approximate surface area is 95.9 Å². The summed E-state index contributed by atoms with van der Waals surface area (Å²) in [5.41, 5.74) is 1.49. The van der Waals surface area contributed by atoms with Crippen molar-refractivity contribution < 1.29 is 14.4 Å². The van der Waals surface area contributed by atoms with Crippen LogP contribution in [0.15, 0.2) is 33.6 Å². The van der Waals surface area contributed by atoms with Crippen LogP contribution in [0.1, 0.15) is 12.0 Å². The first kappa shape index (κ1) is 11.1. The summed E-state index contributed by atoms with van der Waals surface area (Å²) in [5.74, 6) is -1.18. The van der Waals surface area contributed by atoms with E-state index in [2.05, 4.69) is 14.7 Å². The number of nitrogens with zero attached hydrogens (tertiary/aromatic N) is 1. The Kier molecular flexibility index (Phi) is 3.04. The van der Waals surface area contributed by atoms with Crippen molar-refractivity contribution in [3.63, 3.8) is 0 Å². The average Bonchev–Trinajstić information content (AvgIpc) is 2.73. The molecule has 0 bridgehead atoms. The molecule has 17 heavy (non-hydrogen) atoms. The number of aliphatic carboxylic acids is 1. The molecule has 2 aromatic rings. The first-order chi connectivity index (χ1) is 8.16. The number of H-pyrrole nitrogens is 1. The average molecular weight is 234 g/mol. The Morgan fingerprint density at radius 1 is 1.41 bits per heavy atom. The van der Waals surface area contributed by atoms with Crippen LogP contribution in [-0.2, 0) is 11.2 Å². The fourth-order valence-corrected chi connectivity index (χ4v) is 1.56. The molecule has 2 rings (SSSR count).